The van der Waals surface area contributed by atoms with Crippen molar-refractivity contribution in [3.63, 3.8) is 0 Å². The second kappa shape index (κ2) is 5.68. The quantitative estimate of drug-likeness (QED) is 0.928. The summed E-state index contributed by atoms with van der Waals surface area (Å²) in [5, 5.41) is 0. The Bertz CT molecular complexity index is 514. The van der Waals surface area contributed by atoms with Gasteiger partial charge in [-0.15, -0.1) is 0 Å². The van der Waals surface area contributed by atoms with E-state index >= 15 is 0 Å². The van der Waals surface area contributed by atoms with Gasteiger partial charge in [-0.25, -0.2) is 0 Å². The number of hydrogen-bond donors (Lipinski definition) is 1. The van der Waals surface area contributed by atoms with E-state index in [-0.39, 0.29) is 5.54 Å². The van der Waals surface area contributed by atoms with Crippen LogP contribution in [0.15, 0.2) is 35.3 Å². The highest BCUT2D eigenvalue weighted by Crippen LogP contribution is 2.37. The first-order chi connectivity index (χ1) is 10.1. The van der Waals surface area contributed by atoms with Gasteiger partial charge in [-0.2, -0.15) is 0 Å². The maximum Gasteiger partial charge on any atom is 0.192 e. The molecule has 0 aliphatic carbocycles. The minimum absolute atomic E-state index is 0.0487. The van der Waals surface area contributed by atoms with Crippen molar-refractivity contribution in [2.75, 3.05) is 13.2 Å². The smallest absolute Gasteiger partial charge is 0.192 e. The Morgan fingerprint density at radius 3 is 2.86 bits per heavy atom. The highest BCUT2D eigenvalue weighted by Gasteiger charge is 2.46. The standard InChI is InChI=1S/C17H25N3O/c1-13(2)15-10-17(8-9-21-15)12-19-16(18)20(17)11-14-6-4-3-5-7-14/h3-7,13,15H,8-12H2,1-2H3,(H2,18,19). The highest BCUT2D eigenvalue weighted by atomic mass is 16.5. The van der Waals surface area contributed by atoms with Crippen LogP contribution in [0.4, 0.5) is 0 Å². The molecule has 2 aliphatic rings. The Hall–Kier alpha value is -1.55. The molecule has 1 saturated heterocycles. The van der Waals surface area contributed by atoms with Gasteiger partial charge in [0.05, 0.1) is 18.2 Å². The average molecular weight is 287 g/mol. The lowest BCUT2D eigenvalue weighted by molar-refractivity contribution is -0.0686. The molecule has 0 saturated carbocycles. The second-order valence-corrected chi connectivity index (χ2v) is 6.58. The van der Waals surface area contributed by atoms with Crippen LogP contribution in [0, 0.1) is 5.92 Å². The molecule has 114 valence electrons. The number of guanidine groups is 1. The molecule has 2 atom stereocenters. The topological polar surface area (TPSA) is 50.9 Å². The largest absolute Gasteiger partial charge is 0.378 e. The van der Waals surface area contributed by atoms with Gasteiger partial charge in [0, 0.05) is 13.2 Å². The van der Waals surface area contributed by atoms with E-state index in [4.69, 9.17) is 10.5 Å². The summed E-state index contributed by atoms with van der Waals surface area (Å²) < 4.78 is 5.94. The molecule has 1 fully saturated rings. The maximum absolute atomic E-state index is 6.19. The van der Waals surface area contributed by atoms with Crippen molar-refractivity contribution in [1.82, 2.24) is 4.90 Å². The van der Waals surface area contributed by atoms with Crippen molar-refractivity contribution in [3.8, 4) is 0 Å². The molecule has 0 amide bonds. The summed E-state index contributed by atoms with van der Waals surface area (Å²) in [7, 11) is 0. The summed E-state index contributed by atoms with van der Waals surface area (Å²) in [5.41, 5.74) is 7.52. The van der Waals surface area contributed by atoms with Gasteiger partial charge in [-0.05, 0) is 24.3 Å². The first kappa shape index (κ1) is 14.4. The molecule has 0 bridgehead atoms. The number of rotatable bonds is 3. The predicted octanol–water partition coefficient (Wildman–Crippen LogP) is 2.39. The second-order valence-electron chi connectivity index (χ2n) is 6.58. The lowest BCUT2D eigenvalue weighted by Crippen LogP contribution is -2.56. The van der Waals surface area contributed by atoms with Crippen LogP contribution in [-0.2, 0) is 11.3 Å². The van der Waals surface area contributed by atoms with Gasteiger partial charge in [0.15, 0.2) is 5.96 Å². The van der Waals surface area contributed by atoms with E-state index in [1.807, 2.05) is 6.07 Å². The third kappa shape index (κ3) is 2.77. The lowest BCUT2D eigenvalue weighted by Gasteiger charge is -2.45. The van der Waals surface area contributed by atoms with Crippen LogP contribution in [0.3, 0.4) is 0 Å². The van der Waals surface area contributed by atoms with Gasteiger partial charge >= 0.3 is 0 Å². The molecule has 1 spiro atoms. The van der Waals surface area contributed by atoms with Crippen molar-refractivity contribution in [3.05, 3.63) is 35.9 Å². The molecule has 2 unspecified atom stereocenters. The number of hydrogen-bond acceptors (Lipinski definition) is 4. The Morgan fingerprint density at radius 2 is 2.14 bits per heavy atom. The van der Waals surface area contributed by atoms with Crippen molar-refractivity contribution >= 4 is 5.96 Å². The molecule has 0 aromatic heterocycles. The molecule has 2 aliphatic heterocycles. The van der Waals surface area contributed by atoms with Gasteiger partial charge in [0.1, 0.15) is 0 Å². The number of benzene rings is 1. The lowest BCUT2D eigenvalue weighted by atomic mass is 9.82. The van der Waals surface area contributed by atoms with Crippen molar-refractivity contribution in [2.45, 2.75) is 44.9 Å². The zero-order chi connectivity index (χ0) is 14.9. The summed E-state index contributed by atoms with van der Waals surface area (Å²) in [4.78, 5) is 6.86. The highest BCUT2D eigenvalue weighted by molar-refractivity contribution is 5.81. The molecule has 4 nitrogen and oxygen atoms in total. The molecule has 1 aromatic carbocycles. The van der Waals surface area contributed by atoms with E-state index in [1.165, 1.54) is 5.56 Å². The van der Waals surface area contributed by atoms with Crippen LogP contribution in [0.25, 0.3) is 0 Å². The van der Waals surface area contributed by atoms with Gasteiger partial charge in [0.25, 0.3) is 0 Å². The van der Waals surface area contributed by atoms with E-state index in [1.54, 1.807) is 0 Å². The van der Waals surface area contributed by atoms with Gasteiger partial charge in [0.2, 0.25) is 0 Å². The number of ether oxygens (including phenoxy) is 1. The zero-order valence-corrected chi connectivity index (χ0v) is 13.0. The molecule has 21 heavy (non-hydrogen) atoms. The molecule has 2 N–H and O–H groups in total. The Balaban J connectivity index is 1.81. The van der Waals surface area contributed by atoms with Crippen LogP contribution < -0.4 is 5.73 Å². The summed E-state index contributed by atoms with van der Waals surface area (Å²) in [5.74, 6) is 1.21. The molecular weight excluding hydrogens is 262 g/mol. The van der Waals surface area contributed by atoms with Crippen LogP contribution >= 0.6 is 0 Å². The fourth-order valence-corrected chi connectivity index (χ4v) is 3.41. The van der Waals surface area contributed by atoms with E-state index in [0.29, 0.717) is 18.0 Å². The molecule has 3 rings (SSSR count). The average Bonchev–Trinajstić information content (AvgIpc) is 2.78. The van der Waals surface area contributed by atoms with E-state index in [2.05, 4.69) is 48.0 Å². The van der Waals surface area contributed by atoms with E-state index in [0.717, 1.165) is 32.5 Å². The predicted molar refractivity (Wildman–Crippen MR) is 85.0 cm³/mol. The van der Waals surface area contributed by atoms with Crippen LogP contribution in [0.1, 0.15) is 32.3 Å². The minimum atomic E-state index is 0.0487. The van der Waals surface area contributed by atoms with Crippen molar-refractivity contribution in [1.29, 1.82) is 0 Å². The summed E-state index contributed by atoms with van der Waals surface area (Å²) in [6, 6.07) is 10.5. The van der Waals surface area contributed by atoms with Crippen LogP contribution in [-0.4, -0.2) is 35.7 Å². The van der Waals surface area contributed by atoms with Gasteiger partial charge in [-0.3, -0.25) is 4.99 Å². The minimum Gasteiger partial charge on any atom is -0.378 e. The summed E-state index contributed by atoms with van der Waals surface area (Å²) >= 11 is 0. The maximum atomic E-state index is 6.19. The SMILES string of the molecule is CC(C)C1CC2(CCO1)CN=C(N)N2Cc1ccccc1. The summed E-state index contributed by atoms with van der Waals surface area (Å²) in [6.07, 6.45) is 2.33. The molecule has 1 aromatic rings. The van der Waals surface area contributed by atoms with Gasteiger partial charge < -0.3 is 15.4 Å². The van der Waals surface area contributed by atoms with Crippen LogP contribution in [0.5, 0.6) is 0 Å². The third-order valence-electron chi connectivity index (χ3n) is 4.79. The fraction of sp³-hybridized carbons (Fsp3) is 0.588. The summed E-state index contributed by atoms with van der Waals surface area (Å²) in [6.45, 7) is 6.89. The normalized spacial score (nSPS) is 29.2. The Labute approximate surface area is 127 Å². The number of nitrogens with two attached hydrogens (primary N) is 1. The first-order valence-corrected chi connectivity index (χ1v) is 7.84. The fourth-order valence-electron chi connectivity index (χ4n) is 3.41. The third-order valence-corrected chi connectivity index (χ3v) is 4.79. The molecular formula is C17H25N3O. The van der Waals surface area contributed by atoms with Gasteiger partial charge in [-0.1, -0.05) is 44.2 Å². The molecule has 0 radical (unpaired) electrons. The Morgan fingerprint density at radius 1 is 1.38 bits per heavy atom. The first-order valence-electron chi connectivity index (χ1n) is 7.84. The molecule has 2 heterocycles. The molecule has 4 heteroatoms. The van der Waals surface area contributed by atoms with Crippen molar-refractivity contribution < 1.29 is 4.74 Å². The zero-order valence-electron chi connectivity index (χ0n) is 13.0. The Kier molecular flexibility index (Phi) is 3.89. The monoisotopic (exact) mass is 287 g/mol. The van der Waals surface area contributed by atoms with E-state index < -0.39 is 0 Å². The van der Waals surface area contributed by atoms with Crippen molar-refractivity contribution in [2.24, 2.45) is 16.6 Å². The number of nitrogens with zero attached hydrogens (tertiary/aromatic N) is 2. The van der Waals surface area contributed by atoms with Crippen LogP contribution in [0.2, 0.25) is 0 Å². The number of aliphatic imine (C=N–C) groups is 1. The van der Waals surface area contributed by atoms with E-state index in [9.17, 15) is 0 Å².